The number of carbonyl (C=O) groups is 1. The summed E-state index contributed by atoms with van der Waals surface area (Å²) in [5, 5.41) is 11.2. The van der Waals surface area contributed by atoms with Crippen LogP contribution in [0.25, 0.3) is 0 Å². The van der Waals surface area contributed by atoms with Crippen LogP contribution in [-0.4, -0.2) is 33.3 Å². The van der Waals surface area contributed by atoms with Crippen molar-refractivity contribution in [2.75, 3.05) is 21.3 Å². The monoisotopic (exact) mass is 264 g/mol. The van der Waals surface area contributed by atoms with Crippen molar-refractivity contribution < 1.29 is 19.0 Å². The van der Waals surface area contributed by atoms with Crippen molar-refractivity contribution in [1.82, 2.24) is 5.32 Å². The number of hydrogen-bond acceptors (Lipinski definition) is 5. The highest BCUT2D eigenvalue weighted by atomic mass is 16.5. The summed E-state index contributed by atoms with van der Waals surface area (Å²) in [4.78, 5) is 12.0. The van der Waals surface area contributed by atoms with E-state index >= 15 is 0 Å². The van der Waals surface area contributed by atoms with Crippen LogP contribution in [0.1, 0.15) is 17.3 Å². The molecule has 19 heavy (non-hydrogen) atoms. The third-order valence-electron chi connectivity index (χ3n) is 2.49. The van der Waals surface area contributed by atoms with Gasteiger partial charge in [0.25, 0.3) is 5.91 Å². The second-order valence-corrected chi connectivity index (χ2v) is 3.71. The Morgan fingerprint density at radius 3 is 2.32 bits per heavy atom. The number of nitrogens with one attached hydrogen (secondary N) is 1. The van der Waals surface area contributed by atoms with E-state index in [1.54, 1.807) is 19.1 Å². The number of rotatable bonds is 5. The Morgan fingerprint density at radius 2 is 1.84 bits per heavy atom. The van der Waals surface area contributed by atoms with Gasteiger partial charge in [0, 0.05) is 0 Å². The molecule has 102 valence electrons. The van der Waals surface area contributed by atoms with Gasteiger partial charge in [0.1, 0.15) is 6.04 Å². The Bertz CT molecular complexity index is 508. The zero-order valence-electron chi connectivity index (χ0n) is 11.3. The van der Waals surface area contributed by atoms with Crippen molar-refractivity contribution in [3.05, 3.63) is 17.7 Å². The molecule has 0 aliphatic carbocycles. The third-order valence-corrected chi connectivity index (χ3v) is 2.49. The largest absolute Gasteiger partial charge is 0.493 e. The molecule has 0 aliphatic heterocycles. The van der Waals surface area contributed by atoms with Crippen LogP contribution in [0.15, 0.2) is 12.1 Å². The molecule has 6 heteroatoms. The van der Waals surface area contributed by atoms with Crippen molar-refractivity contribution in [3.63, 3.8) is 0 Å². The smallest absolute Gasteiger partial charge is 0.256 e. The van der Waals surface area contributed by atoms with Crippen molar-refractivity contribution in [1.29, 1.82) is 5.26 Å². The molecule has 1 aromatic carbocycles. The van der Waals surface area contributed by atoms with Crippen LogP contribution in [0, 0.1) is 11.3 Å². The molecule has 0 aliphatic rings. The molecule has 0 heterocycles. The van der Waals surface area contributed by atoms with Crippen LogP contribution in [0.3, 0.4) is 0 Å². The molecule has 1 amide bonds. The van der Waals surface area contributed by atoms with Gasteiger partial charge in [-0.2, -0.15) is 5.26 Å². The summed E-state index contributed by atoms with van der Waals surface area (Å²) in [6, 6.07) is 4.49. The third kappa shape index (κ3) is 3.07. The predicted molar refractivity (Wildman–Crippen MR) is 68.6 cm³/mol. The van der Waals surface area contributed by atoms with Crippen LogP contribution < -0.4 is 19.5 Å². The van der Waals surface area contributed by atoms with E-state index in [4.69, 9.17) is 19.5 Å². The van der Waals surface area contributed by atoms with Crippen LogP contribution in [0.2, 0.25) is 0 Å². The standard InChI is InChI=1S/C13H16N2O4/c1-8(7-14)15-13(16)9-5-6-10(17-2)12(19-4)11(9)18-3/h5-6,8H,1-4H3,(H,15,16). The summed E-state index contributed by atoms with van der Waals surface area (Å²) in [6.45, 7) is 1.59. The SMILES string of the molecule is COc1ccc(C(=O)NC(C)C#N)c(OC)c1OC. The van der Waals surface area contributed by atoms with Crippen molar-refractivity contribution in [2.45, 2.75) is 13.0 Å². The molecule has 0 spiro atoms. The number of carbonyl (C=O) groups excluding carboxylic acids is 1. The van der Waals surface area contributed by atoms with Crippen LogP contribution >= 0.6 is 0 Å². The fourth-order valence-corrected chi connectivity index (χ4v) is 1.59. The Hall–Kier alpha value is -2.42. The van der Waals surface area contributed by atoms with Gasteiger partial charge in [-0.1, -0.05) is 0 Å². The number of ether oxygens (including phenoxy) is 3. The number of amides is 1. The van der Waals surface area contributed by atoms with Crippen molar-refractivity contribution in [3.8, 4) is 23.3 Å². The second kappa shape index (κ2) is 6.50. The zero-order chi connectivity index (χ0) is 14.4. The molecule has 1 N–H and O–H groups in total. The Balaban J connectivity index is 3.22. The van der Waals surface area contributed by atoms with E-state index in [9.17, 15) is 4.79 Å². The number of nitrogens with zero attached hydrogens (tertiary/aromatic N) is 1. The summed E-state index contributed by atoms with van der Waals surface area (Å²) < 4.78 is 15.5. The average Bonchev–Trinajstić information content (AvgIpc) is 2.44. The Morgan fingerprint density at radius 1 is 1.21 bits per heavy atom. The molecule has 0 fully saturated rings. The lowest BCUT2D eigenvalue weighted by molar-refractivity contribution is 0.0944. The molecule has 1 rings (SSSR count). The van der Waals surface area contributed by atoms with Gasteiger partial charge in [0.15, 0.2) is 11.5 Å². The maximum absolute atomic E-state index is 12.0. The maximum Gasteiger partial charge on any atom is 0.256 e. The normalized spacial score (nSPS) is 11.1. The van der Waals surface area contributed by atoms with Crippen LogP contribution in [-0.2, 0) is 0 Å². The van der Waals surface area contributed by atoms with Crippen LogP contribution in [0.5, 0.6) is 17.2 Å². The van der Waals surface area contributed by atoms with Crippen molar-refractivity contribution in [2.24, 2.45) is 0 Å². The van der Waals surface area contributed by atoms with E-state index < -0.39 is 11.9 Å². The van der Waals surface area contributed by atoms with Gasteiger partial charge < -0.3 is 19.5 Å². The first-order valence-corrected chi connectivity index (χ1v) is 5.58. The Labute approximate surface area is 111 Å². The summed E-state index contributed by atoms with van der Waals surface area (Å²) in [6.07, 6.45) is 0. The molecule has 0 bridgehead atoms. The fraction of sp³-hybridized carbons (Fsp3) is 0.385. The molecular formula is C13H16N2O4. The lowest BCUT2D eigenvalue weighted by Crippen LogP contribution is -2.31. The van der Waals surface area contributed by atoms with E-state index in [0.717, 1.165) is 0 Å². The average molecular weight is 264 g/mol. The van der Waals surface area contributed by atoms with E-state index in [-0.39, 0.29) is 11.3 Å². The lowest BCUT2D eigenvalue weighted by Gasteiger charge is -2.15. The molecule has 1 unspecified atom stereocenters. The highest BCUT2D eigenvalue weighted by Crippen LogP contribution is 2.39. The molecule has 1 atom stereocenters. The van der Waals surface area contributed by atoms with E-state index in [0.29, 0.717) is 11.5 Å². The first kappa shape index (κ1) is 14.6. The zero-order valence-corrected chi connectivity index (χ0v) is 11.3. The van der Waals surface area contributed by atoms with Gasteiger partial charge in [-0.05, 0) is 19.1 Å². The first-order valence-electron chi connectivity index (χ1n) is 5.58. The van der Waals surface area contributed by atoms with Gasteiger partial charge in [-0.15, -0.1) is 0 Å². The van der Waals surface area contributed by atoms with E-state index in [1.807, 2.05) is 6.07 Å². The number of nitriles is 1. The molecule has 1 aromatic rings. The summed E-state index contributed by atoms with van der Waals surface area (Å²) in [5.41, 5.74) is 0.280. The minimum Gasteiger partial charge on any atom is -0.493 e. The molecule has 0 saturated carbocycles. The minimum atomic E-state index is -0.592. The minimum absolute atomic E-state index is 0.268. The van der Waals surface area contributed by atoms with E-state index in [2.05, 4.69) is 5.32 Å². The molecule has 0 aromatic heterocycles. The highest BCUT2D eigenvalue weighted by molar-refractivity contribution is 5.98. The molecule has 0 radical (unpaired) electrons. The summed E-state index contributed by atoms with van der Waals surface area (Å²) in [5.74, 6) is 0.655. The van der Waals surface area contributed by atoms with Crippen LogP contribution in [0.4, 0.5) is 0 Å². The second-order valence-electron chi connectivity index (χ2n) is 3.71. The van der Waals surface area contributed by atoms with Crippen molar-refractivity contribution >= 4 is 5.91 Å². The van der Waals surface area contributed by atoms with E-state index in [1.165, 1.54) is 21.3 Å². The fourth-order valence-electron chi connectivity index (χ4n) is 1.59. The number of methoxy groups -OCH3 is 3. The van der Waals surface area contributed by atoms with Gasteiger partial charge >= 0.3 is 0 Å². The highest BCUT2D eigenvalue weighted by Gasteiger charge is 2.21. The van der Waals surface area contributed by atoms with Gasteiger partial charge in [-0.25, -0.2) is 0 Å². The molecule has 6 nitrogen and oxygen atoms in total. The predicted octanol–water partition coefficient (Wildman–Crippen LogP) is 1.35. The maximum atomic E-state index is 12.0. The lowest BCUT2D eigenvalue weighted by atomic mass is 10.1. The van der Waals surface area contributed by atoms with Gasteiger partial charge in [0.05, 0.1) is 33.0 Å². The number of hydrogen-bond donors (Lipinski definition) is 1. The Kier molecular flexibility index (Phi) is 5.01. The summed E-state index contributed by atoms with van der Waals surface area (Å²) in [7, 11) is 4.39. The summed E-state index contributed by atoms with van der Waals surface area (Å²) >= 11 is 0. The topological polar surface area (TPSA) is 80.6 Å². The van der Waals surface area contributed by atoms with Gasteiger partial charge in [-0.3, -0.25) is 4.79 Å². The first-order chi connectivity index (χ1) is 9.08. The quantitative estimate of drug-likeness (QED) is 0.868. The number of benzene rings is 1. The van der Waals surface area contributed by atoms with Gasteiger partial charge in [0.2, 0.25) is 5.75 Å². The molecular weight excluding hydrogens is 248 g/mol. The molecule has 0 saturated heterocycles.